The molecule has 0 aromatic heterocycles. The molecule has 160 valence electrons. The van der Waals surface area contributed by atoms with Crippen LogP contribution in [0.1, 0.15) is 10.4 Å². The van der Waals surface area contributed by atoms with Gasteiger partial charge in [0.15, 0.2) is 11.5 Å². The van der Waals surface area contributed by atoms with Gasteiger partial charge >= 0.3 is 0 Å². The average Bonchev–Trinajstić information content (AvgIpc) is 2.79. The smallest absolute Gasteiger partial charge is 0.269 e. The van der Waals surface area contributed by atoms with Gasteiger partial charge < -0.3 is 9.47 Å². The summed E-state index contributed by atoms with van der Waals surface area (Å²) in [6.07, 6.45) is 0. The molecular formula is C22H21N3O5S. The van der Waals surface area contributed by atoms with Crippen LogP contribution in [0.15, 0.2) is 77.7 Å². The van der Waals surface area contributed by atoms with E-state index >= 15 is 0 Å². The Labute approximate surface area is 180 Å². The van der Waals surface area contributed by atoms with Gasteiger partial charge in [0.1, 0.15) is 13.2 Å². The Morgan fingerprint density at radius 2 is 1.58 bits per heavy atom. The summed E-state index contributed by atoms with van der Waals surface area (Å²) in [6, 6.07) is 20.0. The van der Waals surface area contributed by atoms with Gasteiger partial charge in [-0.25, -0.2) is 8.42 Å². The van der Waals surface area contributed by atoms with E-state index in [1.165, 1.54) is 24.3 Å². The number of hydrazine groups is 1. The van der Waals surface area contributed by atoms with Gasteiger partial charge in [0.25, 0.3) is 15.9 Å². The molecule has 9 heteroatoms. The Bertz CT molecular complexity index is 1180. The van der Waals surface area contributed by atoms with Crippen LogP contribution in [0.2, 0.25) is 0 Å². The molecule has 0 bridgehead atoms. The third-order valence-electron chi connectivity index (χ3n) is 4.64. The molecular weight excluding hydrogens is 418 g/mol. The molecule has 1 aliphatic rings. The van der Waals surface area contributed by atoms with E-state index in [0.717, 1.165) is 5.69 Å². The third-order valence-corrected chi connectivity index (χ3v) is 6.01. The number of anilines is 2. The van der Waals surface area contributed by atoms with Crippen molar-refractivity contribution in [3.63, 3.8) is 0 Å². The average molecular weight is 439 g/mol. The summed E-state index contributed by atoms with van der Waals surface area (Å²) in [5.41, 5.74) is 4.33. The van der Waals surface area contributed by atoms with Crippen molar-refractivity contribution >= 4 is 27.3 Å². The number of fused-ring (bicyclic) bond motifs is 1. The fourth-order valence-corrected chi connectivity index (χ4v) is 4.10. The molecule has 8 nitrogen and oxygen atoms in total. The van der Waals surface area contributed by atoms with Crippen LogP contribution in [0, 0.1) is 0 Å². The van der Waals surface area contributed by atoms with Gasteiger partial charge in [-0.3, -0.25) is 20.0 Å². The Hall–Kier alpha value is -3.72. The van der Waals surface area contributed by atoms with Gasteiger partial charge in [-0.1, -0.05) is 18.2 Å². The maximum Gasteiger partial charge on any atom is 0.269 e. The molecule has 0 saturated heterocycles. The lowest BCUT2D eigenvalue weighted by Gasteiger charge is -2.20. The Balaban J connectivity index is 1.44. The van der Waals surface area contributed by atoms with Gasteiger partial charge in [-0.2, -0.15) is 0 Å². The predicted molar refractivity (Wildman–Crippen MR) is 117 cm³/mol. The largest absolute Gasteiger partial charge is 0.486 e. The van der Waals surface area contributed by atoms with Gasteiger partial charge in [0.05, 0.1) is 10.6 Å². The molecule has 0 unspecified atom stereocenters. The van der Waals surface area contributed by atoms with Crippen molar-refractivity contribution < 1.29 is 22.7 Å². The van der Waals surface area contributed by atoms with Crippen molar-refractivity contribution in [1.29, 1.82) is 0 Å². The summed E-state index contributed by atoms with van der Waals surface area (Å²) in [5, 5.41) is 1.61. The number of benzene rings is 3. The van der Waals surface area contributed by atoms with Crippen molar-refractivity contribution in [2.45, 2.75) is 4.90 Å². The maximum absolute atomic E-state index is 12.7. The molecule has 3 aromatic carbocycles. The minimum atomic E-state index is -3.83. The van der Waals surface area contributed by atoms with Crippen molar-refractivity contribution in [3.8, 4) is 11.5 Å². The fraction of sp³-hybridized carbons (Fsp3) is 0.136. The van der Waals surface area contributed by atoms with Crippen LogP contribution < -0.4 is 24.6 Å². The molecule has 0 radical (unpaired) electrons. The second-order valence-electron chi connectivity index (χ2n) is 6.82. The van der Waals surface area contributed by atoms with E-state index in [9.17, 15) is 13.2 Å². The summed E-state index contributed by atoms with van der Waals surface area (Å²) in [6.45, 7) is 0.797. The van der Waals surface area contributed by atoms with E-state index in [4.69, 9.17) is 9.47 Å². The lowest BCUT2D eigenvalue weighted by molar-refractivity contribution is 0.0951. The molecule has 0 atom stereocenters. The lowest BCUT2D eigenvalue weighted by atomic mass is 10.2. The number of amides is 1. The van der Waals surface area contributed by atoms with Crippen molar-refractivity contribution in [2.24, 2.45) is 0 Å². The number of hydrogen-bond donors (Lipinski definition) is 2. The lowest BCUT2D eigenvalue weighted by Crippen LogP contribution is -2.39. The third kappa shape index (κ3) is 4.72. The highest BCUT2D eigenvalue weighted by Crippen LogP contribution is 2.32. The monoisotopic (exact) mass is 439 g/mol. The molecule has 0 spiro atoms. The first-order valence-corrected chi connectivity index (χ1v) is 11.0. The zero-order valence-electron chi connectivity index (χ0n) is 16.7. The number of nitrogens with zero attached hydrogens (tertiary/aromatic N) is 1. The van der Waals surface area contributed by atoms with Crippen LogP contribution in [0.4, 0.5) is 11.4 Å². The molecule has 4 rings (SSSR count). The van der Waals surface area contributed by atoms with Crippen LogP contribution in [0.5, 0.6) is 11.5 Å². The molecule has 31 heavy (non-hydrogen) atoms. The second kappa shape index (κ2) is 8.57. The van der Waals surface area contributed by atoms with Gasteiger partial charge in [0, 0.05) is 24.4 Å². The van der Waals surface area contributed by atoms with E-state index < -0.39 is 10.0 Å². The van der Waals surface area contributed by atoms with Gasteiger partial charge in [-0.15, -0.1) is 0 Å². The number of carbonyl (C=O) groups is 1. The SMILES string of the molecule is CN(NC(=O)c1ccc(NS(=O)(=O)c2ccc3c(c2)OCCO3)cc1)c1ccccc1. The number of nitrogens with one attached hydrogen (secondary N) is 2. The summed E-state index contributed by atoms with van der Waals surface area (Å²) >= 11 is 0. The Morgan fingerprint density at radius 3 is 2.29 bits per heavy atom. The standard InChI is InChI=1S/C22H21N3O5S/c1-25(18-5-3-2-4-6-18)23-22(26)16-7-9-17(10-8-16)24-31(27,28)19-11-12-20-21(15-19)30-14-13-29-20/h2-12,15,24H,13-14H2,1H3,(H,23,26). The first kappa shape index (κ1) is 20.5. The van der Waals surface area contributed by atoms with Crippen LogP contribution in [-0.2, 0) is 10.0 Å². The number of sulfonamides is 1. The molecule has 0 fully saturated rings. The normalized spacial score (nSPS) is 12.7. The number of hydrogen-bond acceptors (Lipinski definition) is 6. The quantitative estimate of drug-likeness (QED) is 0.573. The first-order chi connectivity index (χ1) is 14.9. The number of ether oxygens (including phenoxy) is 2. The summed E-state index contributed by atoms with van der Waals surface area (Å²) < 4.78 is 38.8. The second-order valence-corrected chi connectivity index (χ2v) is 8.51. The molecule has 1 heterocycles. The predicted octanol–water partition coefficient (Wildman–Crippen LogP) is 3.04. The van der Waals surface area contributed by atoms with E-state index in [1.807, 2.05) is 30.3 Å². The Kier molecular flexibility index (Phi) is 5.68. The van der Waals surface area contributed by atoms with Crippen LogP contribution in [0.25, 0.3) is 0 Å². The number of rotatable bonds is 6. The zero-order chi connectivity index (χ0) is 21.8. The minimum absolute atomic E-state index is 0.0584. The van der Waals surface area contributed by atoms with E-state index in [0.29, 0.717) is 36.0 Å². The molecule has 3 aromatic rings. The van der Waals surface area contributed by atoms with Crippen molar-refractivity contribution in [2.75, 3.05) is 30.0 Å². The molecule has 0 saturated carbocycles. The van der Waals surface area contributed by atoms with E-state index in [2.05, 4.69) is 10.1 Å². The molecule has 1 aliphatic heterocycles. The summed E-state index contributed by atoms with van der Waals surface area (Å²) in [5.74, 6) is 0.595. The molecule has 1 amide bonds. The van der Waals surface area contributed by atoms with Crippen LogP contribution in [0.3, 0.4) is 0 Å². The highest BCUT2D eigenvalue weighted by Gasteiger charge is 2.20. The number of carbonyl (C=O) groups excluding carboxylic acids is 1. The number of para-hydroxylation sites is 1. The van der Waals surface area contributed by atoms with Gasteiger partial charge in [-0.05, 0) is 48.5 Å². The van der Waals surface area contributed by atoms with Crippen molar-refractivity contribution in [1.82, 2.24) is 5.43 Å². The zero-order valence-corrected chi connectivity index (χ0v) is 17.6. The molecule has 2 N–H and O–H groups in total. The van der Waals surface area contributed by atoms with Crippen LogP contribution >= 0.6 is 0 Å². The Morgan fingerprint density at radius 1 is 0.903 bits per heavy atom. The van der Waals surface area contributed by atoms with E-state index in [-0.39, 0.29) is 10.8 Å². The molecule has 0 aliphatic carbocycles. The fourth-order valence-electron chi connectivity index (χ4n) is 3.03. The highest BCUT2D eigenvalue weighted by atomic mass is 32.2. The van der Waals surface area contributed by atoms with E-state index in [1.54, 1.807) is 30.3 Å². The first-order valence-electron chi connectivity index (χ1n) is 9.55. The topological polar surface area (TPSA) is 97.0 Å². The minimum Gasteiger partial charge on any atom is -0.486 e. The van der Waals surface area contributed by atoms with Crippen molar-refractivity contribution in [3.05, 3.63) is 78.4 Å². The highest BCUT2D eigenvalue weighted by molar-refractivity contribution is 7.92. The summed E-state index contributed by atoms with van der Waals surface area (Å²) in [4.78, 5) is 12.5. The van der Waals surface area contributed by atoms with Gasteiger partial charge in [0.2, 0.25) is 0 Å². The maximum atomic E-state index is 12.7. The van der Waals surface area contributed by atoms with Crippen LogP contribution in [-0.4, -0.2) is 34.6 Å². The summed E-state index contributed by atoms with van der Waals surface area (Å²) in [7, 11) is -2.09.